The molecule has 1 heterocycles. The number of pyridine rings is 1. The summed E-state index contributed by atoms with van der Waals surface area (Å²) in [6, 6.07) is 17.7. The molecule has 0 saturated heterocycles. The van der Waals surface area contributed by atoms with Crippen LogP contribution < -0.4 is 11.5 Å². The van der Waals surface area contributed by atoms with Gasteiger partial charge in [0, 0.05) is 27.7 Å². The number of anilines is 2. The summed E-state index contributed by atoms with van der Waals surface area (Å²) in [5.41, 5.74) is 15.6. The third kappa shape index (κ3) is 2.25. The van der Waals surface area contributed by atoms with Crippen LogP contribution in [0.2, 0.25) is 0 Å². The lowest BCUT2D eigenvalue weighted by atomic mass is 9.99. The Morgan fingerprint density at radius 1 is 0.696 bits per heavy atom. The Kier molecular flexibility index (Phi) is 2.91. The number of nitrogen functional groups attached to an aromatic ring is 2. The Morgan fingerprint density at radius 3 is 2.09 bits per heavy atom. The Labute approximate surface area is 132 Å². The van der Waals surface area contributed by atoms with E-state index in [1.165, 1.54) is 12.1 Å². The summed E-state index contributed by atoms with van der Waals surface area (Å²) in [4.78, 5) is 4.75. The highest BCUT2D eigenvalue weighted by Gasteiger charge is 2.11. The molecule has 0 spiro atoms. The van der Waals surface area contributed by atoms with Crippen molar-refractivity contribution in [3.8, 4) is 11.3 Å². The molecule has 4 aromatic rings. The Hall–Kier alpha value is -3.14. The molecule has 0 atom stereocenters. The first kappa shape index (κ1) is 13.5. The summed E-state index contributed by atoms with van der Waals surface area (Å²) in [6.07, 6.45) is 0. The van der Waals surface area contributed by atoms with Gasteiger partial charge in [0.25, 0.3) is 0 Å². The fourth-order valence-electron chi connectivity index (χ4n) is 2.87. The van der Waals surface area contributed by atoms with Crippen molar-refractivity contribution in [1.29, 1.82) is 0 Å². The van der Waals surface area contributed by atoms with E-state index < -0.39 is 0 Å². The summed E-state index contributed by atoms with van der Waals surface area (Å²) in [5.74, 6) is -0.275. The van der Waals surface area contributed by atoms with Crippen LogP contribution in [0, 0.1) is 5.82 Å². The predicted molar refractivity (Wildman–Crippen MR) is 93.5 cm³/mol. The van der Waals surface area contributed by atoms with Gasteiger partial charge in [-0.2, -0.15) is 0 Å². The van der Waals surface area contributed by atoms with Crippen molar-refractivity contribution in [2.75, 3.05) is 11.5 Å². The maximum Gasteiger partial charge on any atom is 0.123 e. The zero-order chi connectivity index (χ0) is 16.0. The predicted octanol–water partition coefficient (Wildman–Crippen LogP) is 4.36. The molecule has 4 heteroatoms. The van der Waals surface area contributed by atoms with E-state index in [9.17, 15) is 4.39 Å². The van der Waals surface area contributed by atoms with Crippen molar-refractivity contribution in [2.45, 2.75) is 0 Å². The number of fused-ring (bicyclic) bond motifs is 3. The molecular formula is C19H14FN3. The van der Waals surface area contributed by atoms with Crippen molar-refractivity contribution in [1.82, 2.24) is 4.98 Å². The van der Waals surface area contributed by atoms with E-state index in [4.69, 9.17) is 16.5 Å². The van der Waals surface area contributed by atoms with Gasteiger partial charge in [0.05, 0.1) is 11.2 Å². The fourth-order valence-corrected chi connectivity index (χ4v) is 2.87. The number of halogens is 1. The summed E-state index contributed by atoms with van der Waals surface area (Å²) < 4.78 is 13.2. The number of nitrogens with zero attached hydrogens (tertiary/aromatic N) is 1. The highest BCUT2D eigenvalue weighted by molar-refractivity contribution is 6.12. The summed E-state index contributed by atoms with van der Waals surface area (Å²) in [7, 11) is 0. The minimum Gasteiger partial charge on any atom is -0.399 e. The lowest BCUT2D eigenvalue weighted by Crippen LogP contribution is -1.93. The van der Waals surface area contributed by atoms with E-state index in [1.807, 2.05) is 36.4 Å². The molecule has 0 aliphatic rings. The molecule has 0 saturated carbocycles. The van der Waals surface area contributed by atoms with E-state index in [1.54, 1.807) is 12.1 Å². The Morgan fingerprint density at radius 2 is 1.35 bits per heavy atom. The average Bonchev–Trinajstić information content (AvgIpc) is 2.54. The molecule has 3 aromatic carbocycles. The zero-order valence-electron chi connectivity index (χ0n) is 12.3. The number of benzene rings is 3. The first-order valence-corrected chi connectivity index (χ1v) is 7.26. The first-order valence-electron chi connectivity index (χ1n) is 7.26. The van der Waals surface area contributed by atoms with Crippen LogP contribution in [0.3, 0.4) is 0 Å². The standard InChI is InChI=1S/C19H14FN3/c20-12-3-1-11(2-4-12)19-17-9-13(21)5-7-15(17)16-8-6-14(22)10-18(16)23-19/h1-10H,21-22H2. The van der Waals surface area contributed by atoms with Crippen LogP contribution in [-0.4, -0.2) is 4.98 Å². The summed E-state index contributed by atoms with van der Waals surface area (Å²) in [6.45, 7) is 0. The SMILES string of the molecule is Nc1ccc2c(c1)nc(-c1ccc(F)cc1)c1cc(N)ccc12. The molecule has 4 N–H and O–H groups in total. The third-order valence-corrected chi connectivity index (χ3v) is 3.96. The minimum absolute atomic E-state index is 0.275. The second-order valence-corrected chi connectivity index (χ2v) is 5.55. The number of hydrogen-bond acceptors (Lipinski definition) is 3. The van der Waals surface area contributed by atoms with E-state index in [0.717, 1.165) is 32.9 Å². The summed E-state index contributed by atoms with van der Waals surface area (Å²) >= 11 is 0. The van der Waals surface area contributed by atoms with Gasteiger partial charge >= 0.3 is 0 Å². The summed E-state index contributed by atoms with van der Waals surface area (Å²) in [5, 5.41) is 3.00. The van der Waals surface area contributed by atoms with Crippen LogP contribution in [-0.2, 0) is 0 Å². The van der Waals surface area contributed by atoms with Crippen molar-refractivity contribution < 1.29 is 4.39 Å². The molecule has 23 heavy (non-hydrogen) atoms. The van der Waals surface area contributed by atoms with Crippen molar-refractivity contribution in [2.24, 2.45) is 0 Å². The number of nitrogens with two attached hydrogens (primary N) is 2. The second kappa shape index (κ2) is 4.95. The quantitative estimate of drug-likeness (QED) is 0.405. The van der Waals surface area contributed by atoms with Crippen molar-refractivity contribution >= 4 is 33.1 Å². The fraction of sp³-hybridized carbons (Fsp3) is 0. The smallest absolute Gasteiger partial charge is 0.123 e. The molecule has 0 aliphatic carbocycles. The second-order valence-electron chi connectivity index (χ2n) is 5.55. The largest absolute Gasteiger partial charge is 0.399 e. The Bertz CT molecular complexity index is 1040. The molecule has 0 fully saturated rings. The lowest BCUT2D eigenvalue weighted by Gasteiger charge is -2.11. The molecule has 3 nitrogen and oxygen atoms in total. The van der Waals surface area contributed by atoms with Crippen molar-refractivity contribution in [3.05, 3.63) is 66.5 Å². The van der Waals surface area contributed by atoms with Crippen molar-refractivity contribution in [3.63, 3.8) is 0 Å². The molecule has 0 radical (unpaired) electrons. The lowest BCUT2D eigenvalue weighted by molar-refractivity contribution is 0.628. The van der Waals surface area contributed by atoms with Gasteiger partial charge in [-0.15, -0.1) is 0 Å². The molecular weight excluding hydrogens is 289 g/mol. The highest BCUT2D eigenvalue weighted by atomic mass is 19.1. The van der Waals surface area contributed by atoms with Crippen LogP contribution in [0.5, 0.6) is 0 Å². The van der Waals surface area contributed by atoms with Crippen LogP contribution in [0.1, 0.15) is 0 Å². The molecule has 0 amide bonds. The molecule has 0 unspecified atom stereocenters. The van der Waals surface area contributed by atoms with E-state index >= 15 is 0 Å². The topological polar surface area (TPSA) is 64.9 Å². The van der Waals surface area contributed by atoms with E-state index in [0.29, 0.717) is 11.4 Å². The Balaban J connectivity index is 2.15. The zero-order valence-corrected chi connectivity index (χ0v) is 12.3. The van der Waals surface area contributed by atoms with Gasteiger partial charge in [-0.3, -0.25) is 0 Å². The number of rotatable bonds is 1. The molecule has 112 valence electrons. The first-order chi connectivity index (χ1) is 11.1. The molecule has 1 aromatic heterocycles. The number of hydrogen-bond donors (Lipinski definition) is 2. The van der Waals surface area contributed by atoms with Gasteiger partial charge in [0.2, 0.25) is 0 Å². The number of aromatic nitrogens is 1. The van der Waals surface area contributed by atoms with Crippen LogP contribution in [0.4, 0.5) is 15.8 Å². The van der Waals surface area contributed by atoms with E-state index in [-0.39, 0.29) is 5.82 Å². The highest BCUT2D eigenvalue weighted by Crippen LogP contribution is 2.34. The van der Waals surface area contributed by atoms with Crippen LogP contribution in [0.25, 0.3) is 32.9 Å². The van der Waals surface area contributed by atoms with E-state index in [2.05, 4.69) is 0 Å². The minimum atomic E-state index is -0.275. The molecule has 4 rings (SSSR count). The maximum absolute atomic E-state index is 13.2. The third-order valence-electron chi connectivity index (χ3n) is 3.96. The maximum atomic E-state index is 13.2. The normalized spacial score (nSPS) is 11.2. The molecule has 0 aliphatic heterocycles. The molecule has 0 bridgehead atoms. The van der Waals surface area contributed by atoms with Crippen LogP contribution in [0.15, 0.2) is 60.7 Å². The van der Waals surface area contributed by atoms with Crippen LogP contribution >= 0.6 is 0 Å². The monoisotopic (exact) mass is 303 g/mol. The van der Waals surface area contributed by atoms with Gasteiger partial charge in [-0.05, 0) is 53.9 Å². The van der Waals surface area contributed by atoms with Gasteiger partial charge < -0.3 is 11.5 Å². The van der Waals surface area contributed by atoms with Gasteiger partial charge in [-0.25, -0.2) is 9.37 Å². The van der Waals surface area contributed by atoms with Gasteiger partial charge in [0.15, 0.2) is 0 Å². The van der Waals surface area contributed by atoms with Gasteiger partial charge in [0.1, 0.15) is 5.82 Å². The van der Waals surface area contributed by atoms with Gasteiger partial charge in [-0.1, -0.05) is 12.1 Å². The average molecular weight is 303 g/mol.